The third kappa shape index (κ3) is 4.96. The number of rotatable bonds is 6. The number of benzene rings is 3. The van der Waals surface area contributed by atoms with E-state index in [2.05, 4.69) is 76.4 Å². The van der Waals surface area contributed by atoms with E-state index in [0.29, 0.717) is 6.61 Å². The summed E-state index contributed by atoms with van der Waals surface area (Å²) in [6, 6.07) is 28.8. The predicted molar refractivity (Wildman–Crippen MR) is 135 cm³/mol. The largest absolute Gasteiger partial charge is 0.492 e. The number of pyridine rings is 1. The third-order valence-electron chi connectivity index (χ3n) is 6.33. The number of hydrogen-bond acceptors (Lipinski definition) is 5. The van der Waals surface area contributed by atoms with Gasteiger partial charge in [0, 0.05) is 61.6 Å². The van der Waals surface area contributed by atoms with E-state index in [1.165, 1.54) is 11.3 Å². The van der Waals surface area contributed by atoms with Crippen LogP contribution in [0.5, 0.6) is 5.75 Å². The summed E-state index contributed by atoms with van der Waals surface area (Å²) in [5, 5.41) is 10.8. The number of anilines is 2. The van der Waals surface area contributed by atoms with E-state index < -0.39 is 6.10 Å². The van der Waals surface area contributed by atoms with E-state index in [9.17, 15) is 5.11 Å². The van der Waals surface area contributed by atoms with Gasteiger partial charge in [0.25, 0.3) is 0 Å². The summed E-state index contributed by atoms with van der Waals surface area (Å²) >= 11 is 0. The second kappa shape index (κ2) is 10.1. The van der Waals surface area contributed by atoms with Crippen LogP contribution in [0.25, 0.3) is 0 Å². The van der Waals surface area contributed by atoms with Crippen LogP contribution in [-0.2, 0) is 13.1 Å². The van der Waals surface area contributed by atoms with Crippen molar-refractivity contribution in [3.8, 4) is 5.75 Å². The molecular weight excluding hydrogens is 422 g/mol. The molecule has 34 heavy (non-hydrogen) atoms. The number of para-hydroxylation sites is 1. The van der Waals surface area contributed by atoms with Gasteiger partial charge in [0.05, 0.1) is 0 Å². The summed E-state index contributed by atoms with van der Waals surface area (Å²) in [6.07, 6.45) is 2.72. The van der Waals surface area contributed by atoms with Crippen molar-refractivity contribution in [3.63, 3.8) is 0 Å². The number of ether oxygens (including phenoxy) is 1. The van der Waals surface area contributed by atoms with Crippen LogP contribution >= 0.6 is 0 Å². The fourth-order valence-corrected chi connectivity index (χ4v) is 4.39. The molecule has 0 bridgehead atoms. The molecule has 5 rings (SSSR count). The molecule has 0 saturated carbocycles. The lowest BCUT2D eigenvalue weighted by atomic mass is 10.00. The molecule has 1 atom stereocenters. The molecule has 1 aliphatic heterocycles. The Morgan fingerprint density at radius 1 is 0.941 bits per heavy atom. The number of fused-ring (bicyclic) bond motifs is 1. The van der Waals surface area contributed by atoms with Crippen LogP contribution in [0.4, 0.5) is 11.4 Å². The number of nitrogens with zero attached hydrogens (tertiary/aromatic N) is 3. The van der Waals surface area contributed by atoms with E-state index in [1.54, 1.807) is 12.4 Å². The molecule has 1 aromatic heterocycles. The van der Waals surface area contributed by atoms with Crippen molar-refractivity contribution in [2.75, 3.05) is 25.1 Å². The molecule has 172 valence electrons. The molecule has 2 heterocycles. The lowest BCUT2D eigenvalue weighted by Crippen LogP contribution is -2.25. The molecule has 3 aromatic carbocycles. The van der Waals surface area contributed by atoms with E-state index in [4.69, 9.17) is 4.74 Å². The minimum Gasteiger partial charge on any atom is -0.492 e. The first kappa shape index (κ1) is 22.1. The molecule has 1 aliphatic rings. The Morgan fingerprint density at radius 3 is 2.50 bits per heavy atom. The second-order valence-electron chi connectivity index (χ2n) is 8.68. The topological polar surface area (TPSA) is 48.8 Å². The lowest BCUT2D eigenvalue weighted by Gasteiger charge is -2.22. The van der Waals surface area contributed by atoms with Crippen molar-refractivity contribution in [2.24, 2.45) is 0 Å². The molecule has 0 aliphatic carbocycles. The predicted octanol–water partition coefficient (Wildman–Crippen LogP) is 5.33. The maximum absolute atomic E-state index is 10.8. The minimum absolute atomic E-state index is 0.645. The summed E-state index contributed by atoms with van der Waals surface area (Å²) in [5.41, 5.74) is 6.33. The van der Waals surface area contributed by atoms with Gasteiger partial charge in [-0.05, 0) is 53.6 Å². The molecule has 0 spiro atoms. The van der Waals surface area contributed by atoms with Crippen molar-refractivity contribution < 1.29 is 9.84 Å². The molecule has 1 N–H and O–H groups in total. The van der Waals surface area contributed by atoms with Crippen LogP contribution in [0.2, 0.25) is 0 Å². The Hall–Kier alpha value is -3.67. The molecule has 4 aromatic rings. The molecule has 0 fully saturated rings. The Bertz CT molecular complexity index is 1210. The molecule has 0 saturated heterocycles. The third-order valence-corrected chi connectivity index (χ3v) is 6.33. The van der Waals surface area contributed by atoms with Crippen molar-refractivity contribution in [1.29, 1.82) is 0 Å². The van der Waals surface area contributed by atoms with E-state index in [0.717, 1.165) is 47.8 Å². The highest BCUT2D eigenvalue weighted by Crippen LogP contribution is 2.30. The van der Waals surface area contributed by atoms with Gasteiger partial charge in [-0.1, -0.05) is 42.5 Å². The van der Waals surface area contributed by atoms with Gasteiger partial charge in [-0.25, -0.2) is 0 Å². The van der Waals surface area contributed by atoms with Crippen molar-refractivity contribution in [2.45, 2.75) is 19.2 Å². The fourth-order valence-electron chi connectivity index (χ4n) is 4.39. The first-order valence-electron chi connectivity index (χ1n) is 11.6. The average Bonchev–Trinajstić information content (AvgIpc) is 3.10. The average molecular weight is 452 g/mol. The standard InChI is InChI=1S/C29H29N3O2/c1-31(26-7-3-2-4-8-26)27-12-9-22(10-13-27)20-32-16-17-34-28-14-11-23(18-25(28)21-32)29(33)24-6-5-15-30-19-24/h2-15,18-19,29,33H,16-17,20-21H2,1H3. The number of hydrogen-bond donors (Lipinski definition) is 1. The SMILES string of the molecule is CN(c1ccccc1)c1ccc(CN2CCOc3ccc(C(O)c4cccnc4)cc3C2)cc1. The Balaban J connectivity index is 1.29. The summed E-state index contributed by atoms with van der Waals surface area (Å²) in [5.74, 6) is 0.893. The van der Waals surface area contributed by atoms with Gasteiger partial charge in [0.15, 0.2) is 0 Å². The normalized spacial score (nSPS) is 14.5. The van der Waals surface area contributed by atoms with Crippen molar-refractivity contribution in [3.05, 3.63) is 120 Å². The molecule has 5 nitrogen and oxygen atoms in total. The van der Waals surface area contributed by atoms with Crippen LogP contribution in [0, 0.1) is 0 Å². The molecule has 0 radical (unpaired) electrons. The summed E-state index contributed by atoms with van der Waals surface area (Å²) in [4.78, 5) is 8.71. The van der Waals surface area contributed by atoms with E-state index >= 15 is 0 Å². The zero-order chi connectivity index (χ0) is 23.3. The van der Waals surface area contributed by atoms with Gasteiger partial charge in [-0.3, -0.25) is 9.88 Å². The monoisotopic (exact) mass is 451 g/mol. The van der Waals surface area contributed by atoms with Crippen molar-refractivity contribution in [1.82, 2.24) is 9.88 Å². The van der Waals surface area contributed by atoms with Gasteiger partial charge >= 0.3 is 0 Å². The molecule has 0 amide bonds. The van der Waals surface area contributed by atoms with Crippen LogP contribution in [0.1, 0.15) is 28.4 Å². The van der Waals surface area contributed by atoms with Crippen molar-refractivity contribution >= 4 is 11.4 Å². The second-order valence-corrected chi connectivity index (χ2v) is 8.68. The Labute approximate surface area is 200 Å². The van der Waals surface area contributed by atoms with E-state index in [-0.39, 0.29) is 0 Å². The summed E-state index contributed by atoms with van der Waals surface area (Å²) in [6.45, 7) is 3.11. The van der Waals surface area contributed by atoms with Gasteiger partial charge in [0.1, 0.15) is 18.5 Å². The van der Waals surface area contributed by atoms with E-state index in [1.807, 2.05) is 30.3 Å². The van der Waals surface area contributed by atoms with Crippen LogP contribution in [-0.4, -0.2) is 35.2 Å². The number of aliphatic hydroxyl groups excluding tert-OH is 1. The molecule has 5 heteroatoms. The number of aromatic nitrogens is 1. The van der Waals surface area contributed by atoms with Crippen LogP contribution in [0.3, 0.4) is 0 Å². The first-order valence-corrected chi connectivity index (χ1v) is 11.6. The zero-order valence-corrected chi connectivity index (χ0v) is 19.3. The van der Waals surface area contributed by atoms with Gasteiger partial charge in [-0.15, -0.1) is 0 Å². The minimum atomic E-state index is -0.704. The zero-order valence-electron chi connectivity index (χ0n) is 19.3. The number of aliphatic hydroxyl groups is 1. The molecule has 1 unspecified atom stereocenters. The highest BCUT2D eigenvalue weighted by molar-refractivity contribution is 5.62. The highest BCUT2D eigenvalue weighted by atomic mass is 16.5. The van der Waals surface area contributed by atoms with Gasteiger partial charge in [0.2, 0.25) is 0 Å². The maximum Gasteiger partial charge on any atom is 0.123 e. The smallest absolute Gasteiger partial charge is 0.123 e. The molecular formula is C29H29N3O2. The highest BCUT2D eigenvalue weighted by Gasteiger charge is 2.19. The van der Waals surface area contributed by atoms with Gasteiger partial charge < -0.3 is 14.7 Å². The summed E-state index contributed by atoms with van der Waals surface area (Å²) in [7, 11) is 2.09. The van der Waals surface area contributed by atoms with Crippen LogP contribution in [0.15, 0.2) is 97.3 Å². The Kier molecular flexibility index (Phi) is 6.56. The fraction of sp³-hybridized carbons (Fsp3) is 0.207. The van der Waals surface area contributed by atoms with Gasteiger partial charge in [-0.2, -0.15) is 0 Å². The quantitative estimate of drug-likeness (QED) is 0.430. The Morgan fingerprint density at radius 2 is 1.74 bits per heavy atom. The first-order chi connectivity index (χ1) is 16.7. The maximum atomic E-state index is 10.8. The lowest BCUT2D eigenvalue weighted by molar-refractivity contribution is 0.218. The van der Waals surface area contributed by atoms with Crippen LogP contribution < -0.4 is 9.64 Å². The summed E-state index contributed by atoms with van der Waals surface area (Å²) < 4.78 is 6.01.